The first kappa shape index (κ1) is 12.9. The van der Waals surface area contributed by atoms with Gasteiger partial charge < -0.3 is 10.3 Å². The zero-order valence-electron chi connectivity index (χ0n) is 11.4. The molecule has 2 aromatic rings. The van der Waals surface area contributed by atoms with Gasteiger partial charge >= 0.3 is 0 Å². The van der Waals surface area contributed by atoms with Gasteiger partial charge in [-0.1, -0.05) is 25.0 Å². The monoisotopic (exact) mass is 266 g/mol. The molecular weight excluding hydrogens is 248 g/mol. The van der Waals surface area contributed by atoms with E-state index in [1.54, 1.807) is 0 Å². The molecule has 1 atom stereocenters. The molecule has 0 amide bonds. The molecule has 102 valence electrons. The predicted molar refractivity (Wildman–Crippen MR) is 78.0 cm³/mol. The van der Waals surface area contributed by atoms with E-state index in [0.29, 0.717) is 11.6 Å². The smallest absolute Gasteiger partial charge is 0.123 e. The van der Waals surface area contributed by atoms with Crippen LogP contribution in [0.4, 0.5) is 0 Å². The Morgan fingerprint density at radius 3 is 3.10 bits per heavy atom. The molecule has 1 aromatic carbocycles. The number of hydrogen-bond acceptors (Lipinski definition) is 3. The number of rotatable bonds is 2. The highest BCUT2D eigenvalue weighted by atomic mass is 15.0. The lowest BCUT2D eigenvalue weighted by molar-refractivity contribution is 0.512. The van der Waals surface area contributed by atoms with Crippen LogP contribution in [0.15, 0.2) is 30.5 Å². The molecule has 4 nitrogen and oxygen atoms in total. The molecule has 2 N–H and O–H groups in total. The average molecular weight is 266 g/mol. The van der Waals surface area contributed by atoms with Gasteiger partial charge in [0, 0.05) is 5.56 Å². The third-order valence-corrected chi connectivity index (χ3v) is 3.79. The van der Waals surface area contributed by atoms with Crippen molar-refractivity contribution in [2.24, 2.45) is 0 Å². The topological polar surface area (TPSA) is 64.5 Å². The Balaban J connectivity index is 1.84. The average Bonchev–Trinajstić information content (AvgIpc) is 2.83. The molecule has 1 aromatic heterocycles. The Morgan fingerprint density at radius 1 is 1.25 bits per heavy atom. The summed E-state index contributed by atoms with van der Waals surface area (Å²) in [4.78, 5) is 7.91. The fraction of sp³-hybridized carbons (Fsp3) is 0.375. The van der Waals surface area contributed by atoms with Crippen LogP contribution in [0.3, 0.4) is 0 Å². The zero-order chi connectivity index (χ0) is 13.8. The van der Waals surface area contributed by atoms with E-state index in [-0.39, 0.29) is 0 Å². The zero-order valence-corrected chi connectivity index (χ0v) is 11.4. The first-order chi connectivity index (χ1) is 9.86. The summed E-state index contributed by atoms with van der Waals surface area (Å²) in [5.74, 6) is 1.00. The Kier molecular flexibility index (Phi) is 3.80. The maximum absolute atomic E-state index is 8.96. The van der Waals surface area contributed by atoms with Crippen molar-refractivity contribution in [1.82, 2.24) is 15.3 Å². The Morgan fingerprint density at radius 2 is 2.20 bits per heavy atom. The van der Waals surface area contributed by atoms with Crippen molar-refractivity contribution in [3.8, 4) is 17.3 Å². The van der Waals surface area contributed by atoms with E-state index in [2.05, 4.69) is 21.4 Å². The van der Waals surface area contributed by atoms with Gasteiger partial charge in [0.2, 0.25) is 0 Å². The molecule has 3 rings (SSSR count). The lowest BCUT2D eigenvalue weighted by Gasteiger charge is -2.12. The predicted octanol–water partition coefficient (Wildman–Crippen LogP) is 3.15. The third-order valence-electron chi connectivity index (χ3n) is 3.79. The Bertz CT molecular complexity index is 615. The second-order valence-corrected chi connectivity index (χ2v) is 5.23. The van der Waals surface area contributed by atoms with Crippen LogP contribution in [0.25, 0.3) is 11.3 Å². The molecule has 1 fully saturated rings. The van der Waals surface area contributed by atoms with Gasteiger partial charge in [-0.3, -0.25) is 0 Å². The molecule has 0 saturated carbocycles. The van der Waals surface area contributed by atoms with Crippen molar-refractivity contribution in [2.75, 3.05) is 6.54 Å². The largest absolute Gasteiger partial charge is 0.341 e. The highest BCUT2D eigenvalue weighted by molar-refractivity contribution is 5.60. The normalized spacial score (nSPS) is 19.2. The first-order valence-electron chi connectivity index (χ1n) is 7.15. The fourth-order valence-corrected chi connectivity index (χ4v) is 2.68. The number of aromatic nitrogens is 2. The number of hydrogen-bond donors (Lipinski definition) is 2. The number of aromatic amines is 1. The second kappa shape index (κ2) is 5.89. The molecule has 1 saturated heterocycles. The number of benzene rings is 1. The van der Waals surface area contributed by atoms with Crippen LogP contribution in [0.5, 0.6) is 0 Å². The van der Waals surface area contributed by atoms with E-state index in [0.717, 1.165) is 30.0 Å². The van der Waals surface area contributed by atoms with E-state index >= 15 is 0 Å². The van der Waals surface area contributed by atoms with Crippen molar-refractivity contribution >= 4 is 0 Å². The second-order valence-electron chi connectivity index (χ2n) is 5.23. The lowest BCUT2D eigenvalue weighted by Crippen LogP contribution is -2.21. The number of nitriles is 1. The molecule has 1 unspecified atom stereocenters. The molecule has 0 spiro atoms. The van der Waals surface area contributed by atoms with Crippen LogP contribution in [0.1, 0.15) is 43.1 Å². The summed E-state index contributed by atoms with van der Waals surface area (Å²) >= 11 is 0. The molecule has 1 aliphatic rings. The minimum Gasteiger partial charge on any atom is -0.341 e. The van der Waals surface area contributed by atoms with Gasteiger partial charge in [0.1, 0.15) is 5.82 Å². The minimum atomic E-state index is 0.324. The van der Waals surface area contributed by atoms with Gasteiger partial charge in [-0.25, -0.2) is 4.98 Å². The molecule has 1 aliphatic heterocycles. The molecular formula is C16H18N4. The van der Waals surface area contributed by atoms with E-state index < -0.39 is 0 Å². The quantitative estimate of drug-likeness (QED) is 0.877. The summed E-state index contributed by atoms with van der Waals surface area (Å²) < 4.78 is 0. The summed E-state index contributed by atoms with van der Waals surface area (Å²) in [6.07, 6.45) is 6.77. The van der Waals surface area contributed by atoms with Crippen LogP contribution in [0, 0.1) is 11.3 Å². The number of H-pyrrole nitrogens is 1. The summed E-state index contributed by atoms with van der Waals surface area (Å²) in [5, 5.41) is 12.5. The highest BCUT2D eigenvalue weighted by Gasteiger charge is 2.16. The van der Waals surface area contributed by atoms with Crippen molar-refractivity contribution in [2.45, 2.75) is 31.7 Å². The SMILES string of the molecule is N#Cc1cccc(-c2cnc(C3CCCCCN3)[nH]2)c1. The molecule has 2 heterocycles. The van der Waals surface area contributed by atoms with Gasteiger partial charge in [0.25, 0.3) is 0 Å². The van der Waals surface area contributed by atoms with Gasteiger partial charge in [-0.15, -0.1) is 0 Å². The van der Waals surface area contributed by atoms with E-state index in [4.69, 9.17) is 5.26 Å². The van der Waals surface area contributed by atoms with Crippen LogP contribution in [0.2, 0.25) is 0 Å². The fourth-order valence-electron chi connectivity index (χ4n) is 2.68. The van der Waals surface area contributed by atoms with Gasteiger partial charge in [-0.2, -0.15) is 5.26 Å². The molecule has 0 bridgehead atoms. The van der Waals surface area contributed by atoms with E-state index in [1.807, 2.05) is 30.5 Å². The number of nitrogens with zero attached hydrogens (tertiary/aromatic N) is 2. The summed E-state index contributed by atoms with van der Waals surface area (Å²) in [5.41, 5.74) is 2.66. The van der Waals surface area contributed by atoms with Crippen molar-refractivity contribution < 1.29 is 0 Å². The molecule has 20 heavy (non-hydrogen) atoms. The highest BCUT2D eigenvalue weighted by Crippen LogP contribution is 2.24. The van der Waals surface area contributed by atoms with Gasteiger partial charge in [0.15, 0.2) is 0 Å². The minimum absolute atomic E-state index is 0.324. The van der Waals surface area contributed by atoms with E-state index in [1.165, 1.54) is 19.3 Å². The van der Waals surface area contributed by atoms with E-state index in [9.17, 15) is 0 Å². The summed E-state index contributed by atoms with van der Waals surface area (Å²) in [6.45, 7) is 1.06. The van der Waals surface area contributed by atoms with Gasteiger partial charge in [-0.05, 0) is 31.5 Å². The van der Waals surface area contributed by atoms with Crippen LogP contribution < -0.4 is 5.32 Å². The molecule has 0 aliphatic carbocycles. The lowest BCUT2D eigenvalue weighted by atomic mass is 10.1. The summed E-state index contributed by atoms with van der Waals surface area (Å²) in [7, 11) is 0. The Hall–Kier alpha value is -2.12. The standard InChI is InChI=1S/C16H18N4/c17-10-12-5-4-6-13(9-12)15-11-19-16(20-15)14-7-2-1-3-8-18-14/h4-6,9,11,14,18H,1-3,7-8H2,(H,19,20). The van der Waals surface area contributed by atoms with Crippen molar-refractivity contribution in [1.29, 1.82) is 5.26 Å². The van der Waals surface area contributed by atoms with Crippen molar-refractivity contribution in [3.05, 3.63) is 41.9 Å². The van der Waals surface area contributed by atoms with Gasteiger partial charge in [0.05, 0.1) is 29.6 Å². The summed E-state index contributed by atoms with van der Waals surface area (Å²) in [6, 6.07) is 10.1. The number of nitrogens with one attached hydrogen (secondary N) is 2. The third kappa shape index (κ3) is 2.73. The maximum Gasteiger partial charge on any atom is 0.123 e. The van der Waals surface area contributed by atoms with Crippen LogP contribution in [-0.4, -0.2) is 16.5 Å². The number of imidazole rings is 1. The molecule has 4 heteroatoms. The van der Waals surface area contributed by atoms with Crippen molar-refractivity contribution in [3.63, 3.8) is 0 Å². The van der Waals surface area contributed by atoms with Crippen LogP contribution in [-0.2, 0) is 0 Å². The van der Waals surface area contributed by atoms with Crippen LogP contribution >= 0.6 is 0 Å². The first-order valence-corrected chi connectivity index (χ1v) is 7.15. The molecule has 0 radical (unpaired) electrons. The maximum atomic E-state index is 8.96. The Labute approximate surface area is 118 Å².